The molecular weight excluding hydrogens is 272 g/mol. The van der Waals surface area contributed by atoms with E-state index in [0.29, 0.717) is 10.0 Å². The average Bonchev–Trinajstić information content (AvgIpc) is 2.13. The van der Waals surface area contributed by atoms with Gasteiger partial charge in [0.1, 0.15) is 6.04 Å². The molecule has 6 heteroatoms. The Morgan fingerprint density at radius 2 is 2.00 bits per heavy atom. The van der Waals surface area contributed by atoms with Gasteiger partial charge in [-0.1, -0.05) is 15.9 Å². The Morgan fingerprint density at radius 3 is 2.53 bits per heavy atom. The summed E-state index contributed by atoms with van der Waals surface area (Å²) in [5.41, 5.74) is 5.59. The van der Waals surface area contributed by atoms with E-state index in [1.807, 2.05) is 0 Å². The van der Waals surface area contributed by atoms with Crippen molar-refractivity contribution in [1.29, 1.82) is 0 Å². The highest BCUT2D eigenvalue weighted by Gasteiger charge is 2.16. The molecule has 82 valence electrons. The Bertz CT molecular complexity index is 398. The van der Waals surface area contributed by atoms with Gasteiger partial charge in [-0.25, -0.2) is 8.78 Å². The number of rotatable bonds is 3. The van der Waals surface area contributed by atoms with Gasteiger partial charge >= 0.3 is 5.97 Å². The summed E-state index contributed by atoms with van der Waals surface area (Å²) >= 11 is 3.00. The van der Waals surface area contributed by atoms with E-state index in [9.17, 15) is 13.6 Å². The first-order valence-corrected chi connectivity index (χ1v) is 4.83. The summed E-state index contributed by atoms with van der Waals surface area (Å²) in [5, 5.41) is 8.55. The third-order valence-corrected chi connectivity index (χ3v) is 2.58. The zero-order valence-corrected chi connectivity index (χ0v) is 9.09. The van der Waals surface area contributed by atoms with Crippen molar-refractivity contribution in [2.45, 2.75) is 12.5 Å². The second-order valence-corrected chi connectivity index (χ2v) is 3.86. The van der Waals surface area contributed by atoms with Crippen LogP contribution >= 0.6 is 15.9 Å². The van der Waals surface area contributed by atoms with Crippen LogP contribution in [0.3, 0.4) is 0 Å². The number of carboxylic acid groups (broad SMARTS) is 1. The van der Waals surface area contributed by atoms with Crippen LogP contribution in [0.5, 0.6) is 0 Å². The van der Waals surface area contributed by atoms with Crippen molar-refractivity contribution in [2.75, 3.05) is 0 Å². The lowest BCUT2D eigenvalue weighted by atomic mass is 10.1. The van der Waals surface area contributed by atoms with Crippen LogP contribution in [0.2, 0.25) is 0 Å². The highest BCUT2D eigenvalue weighted by atomic mass is 79.9. The van der Waals surface area contributed by atoms with Crippen molar-refractivity contribution in [3.8, 4) is 0 Å². The third kappa shape index (κ3) is 2.97. The van der Waals surface area contributed by atoms with Crippen LogP contribution in [0, 0.1) is 11.6 Å². The molecule has 0 aliphatic carbocycles. The summed E-state index contributed by atoms with van der Waals surface area (Å²) in [7, 11) is 0. The quantitative estimate of drug-likeness (QED) is 0.828. The molecule has 3 N–H and O–H groups in total. The van der Waals surface area contributed by atoms with Gasteiger partial charge in [0.25, 0.3) is 0 Å². The molecule has 0 saturated carbocycles. The van der Waals surface area contributed by atoms with E-state index in [4.69, 9.17) is 10.8 Å². The lowest BCUT2D eigenvalue weighted by molar-refractivity contribution is -0.138. The van der Waals surface area contributed by atoms with Crippen LogP contribution in [0.1, 0.15) is 5.56 Å². The maximum Gasteiger partial charge on any atom is 0.320 e. The zero-order chi connectivity index (χ0) is 11.6. The molecule has 0 aromatic heterocycles. The van der Waals surface area contributed by atoms with E-state index in [1.165, 1.54) is 0 Å². The van der Waals surface area contributed by atoms with Gasteiger partial charge in [0.15, 0.2) is 11.6 Å². The number of halogens is 3. The van der Waals surface area contributed by atoms with Crippen molar-refractivity contribution < 1.29 is 18.7 Å². The van der Waals surface area contributed by atoms with Crippen LogP contribution < -0.4 is 5.73 Å². The predicted octanol–water partition coefficient (Wildman–Crippen LogP) is 1.68. The number of nitrogens with two attached hydrogens (primary N) is 1. The van der Waals surface area contributed by atoms with Crippen LogP contribution in [0.15, 0.2) is 16.6 Å². The van der Waals surface area contributed by atoms with Crippen LogP contribution in [0.4, 0.5) is 8.78 Å². The van der Waals surface area contributed by atoms with Crippen molar-refractivity contribution in [1.82, 2.24) is 0 Å². The fourth-order valence-corrected chi connectivity index (χ4v) is 1.52. The SMILES string of the molecule is NC(Cc1cc(F)c(F)cc1Br)C(=O)O. The predicted molar refractivity (Wildman–Crippen MR) is 53.4 cm³/mol. The first-order valence-electron chi connectivity index (χ1n) is 4.03. The fraction of sp³-hybridized carbons (Fsp3) is 0.222. The Hall–Kier alpha value is -1.01. The Labute approximate surface area is 93.0 Å². The number of aliphatic carboxylic acids is 1. The molecule has 1 unspecified atom stereocenters. The molecule has 0 aliphatic heterocycles. The molecule has 0 amide bonds. The van der Waals surface area contributed by atoms with Gasteiger partial charge in [0.05, 0.1) is 0 Å². The van der Waals surface area contributed by atoms with E-state index in [1.54, 1.807) is 0 Å². The number of carbonyl (C=O) groups is 1. The molecule has 15 heavy (non-hydrogen) atoms. The number of carboxylic acids is 1. The molecule has 0 saturated heterocycles. The van der Waals surface area contributed by atoms with E-state index in [2.05, 4.69) is 15.9 Å². The Morgan fingerprint density at radius 1 is 1.47 bits per heavy atom. The van der Waals surface area contributed by atoms with Gasteiger partial charge in [-0.3, -0.25) is 4.79 Å². The smallest absolute Gasteiger partial charge is 0.320 e. The molecule has 0 radical (unpaired) electrons. The van der Waals surface area contributed by atoms with Crippen LogP contribution in [-0.4, -0.2) is 17.1 Å². The van der Waals surface area contributed by atoms with Crippen LogP contribution in [0.25, 0.3) is 0 Å². The molecular formula is C9H8BrF2NO2. The number of hydrogen-bond acceptors (Lipinski definition) is 2. The summed E-state index contributed by atoms with van der Waals surface area (Å²) in [6, 6.07) is 0.743. The Balaban J connectivity index is 2.95. The van der Waals surface area contributed by atoms with Gasteiger partial charge < -0.3 is 10.8 Å². The molecule has 0 heterocycles. The molecule has 1 aromatic carbocycles. The summed E-state index contributed by atoms with van der Waals surface area (Å²) in [6.45, 7) is 0. The van der Waals surface area contributed by atoms with Crippen molar-refractivity contribution in [2.24, 2.45) is 5.73 Å². The molecule has 0 spiro atoms. The molecule has 1 atom stereocenters. The maximum atomic E-state index is 12.8. The zero-order valence-electron chi connectivity index (χ0n) is 7.51. The highest BCUT2D eigenvalue weighted by molar-refractivity contribution is 9.10. The first kappa shape index (κ1) is 12.1. The van der Waals surface area contributed by atoms with E-state index >= 15 is 0 Å². The third-order valence-electron chi connectivity index (χ3n) is 1.85. The average molecular weight is 280 g/mol. The van der Waals surface area contributed by atoms with Gasteiger partial charge in [0, 0.05) is 4.47 Å². The van der Waals surface area contributed by atoms with E-state index in [-0.39, 0.29) is 6.42 Å². The van der Waals surface area contributed by atoms with E-state index in [0.717, 1.165) is 12.1 Å². The van der Waals surface area contributed by atoms with Gasteiger partial charge in [-0.2, -0.15) is 0 Å². The van der Waals surface area contributed by atoms with Gasteiger partial charge in [-0.05, 0) is 24.1 Å². The van der Waals surface area contributed by atoms with Crippen molar-refractivity contribution >= 4 is 21.9 Å². The lowest BCUT2D eigenvalue weighted by Gasteiger charge is -2.08. The second-order valence-electron chi connectivity index (χ2n) is 3.01. The highest BCUT2D eigenvalue weighted by Crippen LogP contribution is 2.21. The second kappa shape index (κ2) is 4.67. The summed E-state index contributed by atoms with van der Waals surface area (Å²) in [5.74, 6) is -3.20. The normalized spacial score (nSPS) is 12.5. The largest absolute Gasteiger partial charge is 0.480 e. The molecule has 3 nitrogen and oxygen atoms in total. The van der Waals surface area contributed by atoms with Gasteiger partial charge in [0.2, 0.25) is 0 Å². The summed E-state index contributed by atoms with van der Waals surface area (Å²) in [4.78, 5) is 10.5. The molecule has 0 bridgehead atoms. The number of hydrogen-bond donors (Lipinski definition) is 2. The lowest BCUT2D eigenvalue weighted by Crippen LogP contribution is -2.32. The summed E-state index contributed by atoms with van der Waals surface area (Å²) in [6.07, 6.45) is -0.0624. The van der Waals surface area contributed by atoms with E-state index < -0.39 is 23.6 Å². The topological polar surface area (TPSA) is 63.3 Å². The monoisotopic (exact) mass is 279 g/mol. The molecule has 0 fully saturated rings. The molecule has 1 aromatic rings. The molecule has 1 rings (SSSR count). The molecule has 0 aliphatic rings. The first-order chi connectivity index (χ1) is 6.91. The van der Waals surface area contributed by atoms with Crippen LogP contribution in [-0.2, 0) is 11.2 Å². The van der Waals surface area contributed by atoms with Crippen molar-refractivity contribution in [3.63, 3.8) is 0 Å². The van der Waals surface area contributed by atoms with Gasteiger partial charge in [-0.15, -0.1) is 0 Å². The minimum absolute atomic E-state index is 0.0624. The minimum Gasteiger partial charge on any atom is -0.480 e. The minimum atomic E-state index is -1.19. The summed E-state index contributed by atoms with van der Waals surface area (Å²) < 4.78 is 25.8. The van der Waals surface area contributed by atoms with Crippen molar-refractivity contribution in [3.05, 3.63) is 33.8 Å². The number of benzene rings is 1. The maximum absolute atomic E-state index is 12.8. The fourth-order valence-electron chi connectivity index (χ4n) is 1.04. The Kier molecular flexibility index (Phi) is 3.76. The standard InChI is InChI=1S/C9H8BrF2NO2/c10-5-3-7(12)6(11)1-4(5)2-8(13)9(14)15/h1,3,8H,2,13H2,(H,14,15).